The first-order chi connectivity index (χ1) is 13.5. The molecule has 0 aliphatic heterocycles. The highest BCUT2D eigenvalue weighted by Gasteiger charge is 2.25. The average Bonchev–Trinajstić information content (AvgIpc) is 2.73. The molecule has 0 radical (unpaired) electrons. The quantitative estimate of drug-likeness (QED) is 0.193. The van der Waals surface area contributed by atoms with Crippen molar-refractivity contribution < 1.29 is 9.90 Å². The number of benzene rings is 1. The number of aliphatic imine (C=N–C) groups is 1. The van der Waals surface area contributed by atoms with Gasteiger partial charge < -0.3 is 21.1 Å². The zero-order valence-corrected chi connectivity index (χ0v) is 20.7. The van der Waals surface area contributed by atoms with Gasteiger partial charge in [-0.1, -0.05) is 32.9 Å². The summed E-state index contributed by atoms with van der Waals surface area (Å²) in [4.78, 5) is 16.8. The number of amides is 1. The molecule has 1 amide bonds. The van der Waals surface area contributed by atoms with E-state index in [-0.39, 0.29) is 41.9 Å². The minimum Gasteiger partial charge on any atom is -0.396 e. The Kier molecular flexibility index (Phi) is 14.8. The van der Waals surface area contributed by atoms with E-state index in [1.54, 1.807) is 0 Å². The molecule has 0 spiro atoms. The van der Waals surface area contributed by atoms with Crippen LogP contribution in [0.1, 0.15) is 69.3 Å². The Balaban J connectivity index is 0.00000784. The van der Waals surface area contributed by atoms with Crippen molar-refractivity contribution in [3.63, 3.8) is 0 Å². The smallest absolute Gasteiger partial charge is 0.251 e. The molecule has 1 rings (SSSR count). The van der Waals surface area contributed by atoms with Gasteiger partial charge in [0.1, 0.15) is 0 Å². The van der Waals surface area contributed by atoms with E-state index in [1.165, 1.54) is 0 Å². The number of rotatable bonds is 12. The number of hydrogen-bond acceptors (Lipinski definition) is 3. The number of carbonyl (C=O) groups is 1. The lowest BCUT2D eigenvalue weighted by molar-refractivity contribution is 0.0953. The van der Waals surface area contributed by atoms with Gasteiger partial charge in [0, 0.05) is 31.8 Å². The molecular formula is C22H39IN4O2. The van der Waals surface area contributed by atoms with E-state index in [0.717, 1.165) is 50.3 Å². The first-order valence-corrected chi connectivity index (χ1v) is 10.5. The van der Waals surface area contributed by atoms with Crippen LogP contribution in [-0.4, -0.2) is 43.2 Å². The highest BCUT2D eigenvalue weighted by molar-refractivity contribution is 14.0. The fraction of sp³-hybridized carbons (Fsp3) is 0.636. The molecule has 0 fully saturated rings. The summed E-state index contributed by atoms with van der Waals surface area (Å²) in [6.07, 6.45) is 3.71. The number of aliphatic hydroxyl groups excluding tert-OH is 1. The zero-order valence-electron chi connectivity index (χ0n) is 18.4. The fourth-order valence-corrected chi connectivity index (χ4v) is 3.11. The van der Waals surface area contributed by atoms with Crippen LogP contribution in [0.3, 0.4) is 0 Å². The summed E-state index contributed by atoms with van der Waals surface area (Å²) in [5, 5.41) is 19.0. The van der Waals surface area contributed by atoms with E-state index in [2.05, 4.69) is 34.8 Å². The second kappa shape index (κ2) is 15.5. The number of carbonyl (C=O) groups excluding carboxylic acids is 1. The van der Waals surface area contributed by atoms with Gasteiger partial charge >= 0.3 is 0 Å². The Labute approximate surface area is 193 Å². The second-order valence-electron chi connectivity index (χ2n) is 7.19. The van der Waals surface area contributed by atoms with Crippen LogP contribution in [0.25, 0.3) is 0 Å². The van der Waals surface area contributed by atoms with Crippen LogP contribution in [0, 0.1) is 5.41 Å². The third-order valence-corrected chi connectivity index (χ3v) is 5.26. The normalized spacial score (nSPS) is 11.6. The molecule has 1 aromatic carbocycles. The SMILES string of the molecule is CCCNC(=O)c1cccc(CN=C(NCC)NCC(CC)(CC)CCO)c1.I. The number of hydrogen-bond donors (Lipinski definition) is 4. The Morgan fingerprint density at radius 3 is 2.41 bits per heavy atom. The van der Waals surface area contributed by atoms with Crippen LogP contribution in [-0.2, 0) is 6.54 Å². The number of aliphatic hydroxyl groups is 1. The summed E-state index contributed by atoms with van der Waals surface area (Å²) in [6, 6.07) is 7.60. The molecule has 0 aromatic heterocycles. The Morgan fingerprint density at radius 2 is 1.83 bits per heavy atom. The average molecular weight is 518 g/mol. The van der Waals surface area contributed by atoms with Gasteiger partial charge in [-0.3, -0.25) is 4.79 Å². The summed E-state index contributed by atoms with van der Waals surface area (Å²) in [6.45, 7) is 11.3. The molecule has 0 bridgehead atoms. The first kappa shape index (κ1) is 27.6. The van der Waals surface area contributed by atoms with E-state index in [4.69, 9.17) is 0 Å². The van der Waals surface area contributed by atoms with E-state index in [0.29, 0.717) is 18.7 Å². The topological polar surface area (TPSA) is 85.8 Å². The number of nitrogens with one attached hydrogen (secondary N) is 3. The number of guanidine groups is 1. The number of halogens is 1. The summed E-state index contributed by atoms with van der Waals surface area (Å²) >= 11 is 0. The molecule has 29 heavy (non-hydrogen) atoms. The first-order valence-electron chi connectivity index (χ1n) is 10.5. The molecule has 0 saturated carbocycles. The predicted octanol–water partition coefficient (Wildman–Crippen LogP) is 3.69. The van der Waals surface area contributed by atoms with Gasteiger partial charge in [-0.25, -0.2) is 4.99 Å². The van der Waals surface area contributed by atoms with Crippen molar-refractivity contribution in [2.45, 2.75) is 59.9 Å². The highest BCUT2D eigenvalue weighted by atomic mass is 127. The zero-order chi connectivity index (χ0) is 20.8. The Bertz CT molecular complexity index is 619. The summed E-state index contributed by atoms with van der Waals surface area (Å²) in [5.41, 5.74) is 1.73. The van der Waals surface area contributed by atoms with E-state index in [1.807, 2.05) is 38.1 Å². The lowest BCUT2D eigenvalue weighted by Gasteiger charge is -2.32. The van der Waals surface area contributed by atoms with Crippen molar-refractivity contribution in [3.05, 3.63) is 35.4 Å². The molecular weight excluding hydrogens is 479 g/mol. The van der Waals surface area contributed by atoms with E-state index >= 15 is 0 Å². The molecule has 0 atom stereocenters. The highest BCUT2D eigenvalue weighted by Crippen LogP contribution is 2.29. The van der Waals surface area contributed by atoms with E-state index in [9.17, 15) is 9.90 Å². The predicted molar refractivity (Wildman–Crippen MR) is 132 cm³/mol. The molecule has 0 saturated heterocycles. The van der Waals surface area contributed by atoms with Gasteiger partial charge in [-0.2, -0.15) is 0 Å². The largest absolute Gasteiger partial charge is 0.396 e. The molecule has 1 aromatic rings. The standard InChI is InChI=1S/C22H38N4O2.HI/c1-5-13-24-20(28)19-11-9-10-18(15-19)16-25-21(23-8-4)26-17-22(6-2,7-3)12-14-27;/h9-11,15,27H,5-8,12-14,16-17H2,1-4H3,(H,24,28)(H2,23,25,26);1H. The fourth-order valence-electron chi connectivity index (χ4n) is 3.11. The molecule has 0 aliphatic rings. The van der Waals surface area contributed by atoms with Crippen LogP contribution in [0.2, 0.25) is 0 Å². The van der Waals surface area contributed by atoms with Crippen LogP contribution < -0.4 is 16.0 Å². The van der Waals surface area contributed by atoms with Gasteiger partial charge in [0.25, 0.3) is 5.91 Å². The molecule has 0 aliphatic carbocycles. The van der Waals surface area contributed by atoms with Crippen LogP contribution >= 0.6 is 24.0 Å². The Morgan fingerprint density at radius 1 is 1.10 bits per heavy atom. The second-order valence-corrected chi connectivity index (χ2v) is 7.19. The van der Waals surface area contributed by atoms with Gasteiger partial charge in [0.15, 0.2) is 5.96 Å². The molecule has 0 unspecified atom stereocenters. The molecule has 166 valence electrons. The van der Waals surface area contributed by atoms with E-state index < -0.39 is 0 Å². The van der Waals surface area contributed by atoms with Crippen LogP contribution in [0.5, 0.6) is 0 Å². The monoisotopic (exact) mass is 518 g/mol. The maximum Gasteiger partial charge on any atom is 0.251 e. The van der Waals surface area contributed by atoms with Gasteiger partial charge in [-0.05, 0) is 55.7 Å². The maximum atomic E-state index is 12.1. The summed E-state index contributed by atoms with van der Waals surface area (Å²) < 4.78 is 0. The third-order valence-electron chi connectivity index (χ3n) is 5.26. The van der Waals surface area contributed by atoms with Gasteiger partial charge in [0.2, 0.25) is 0 Å². The van der Waals surface area contributed by atoms with Crippen molar-refractivity contribution in [1.29, 1.82) is 0 Å². The van der Waals surface area contributed by atoms with Crippen molar-refractivity contribution in [3.8, 4) is 0 Å². The molecule has 7 heteroatoms. The van der Waals surface area contributed by atoms with Crippen LogP contribution in [0.4, 0.5) is 0 Å². The van der Waals surface area contributed by atoms with Gasteiger partial charge in [0.05, 0.1) is 6.54 Å². The molecule has 6 nitrogen and oxygen atoms in total. The third kappa shape index (κ3) is 9.80. The maximum absolute atomic E-state index is 12.1. The van der Waals surface area contributed by atoms with Crippen molar-refractivity contribution >= 4 is 35.8 Å². The minimum atomic E-state index is -0.0441. The molecule has 0 heterocycles. The van der Waals surface area contributed by atoms with Crippen molar-refractivity contribution in [2.75, 3.05) is 26.2 Å². The van der Waals surface area contributed by atoms with Crippen molar-refractivity contribution in [1.82, 2.24) is 16.0 Å². The Hall–Kier alpha value is -1.35. The minimum absolute atomic E-state index is 0. The lowest BCUT2D eigenvalue weighted by Crippen LogP contribution is -2.43. The lowest BCUT2D eigenvalue weighted by atomic mass is 9.79. The summed E-state index contributed by atoms with van der Waals surface area (Å²) in [7, 11) is 0. The van der Waals surface area contributed by atoms with Crippen molar-refractivity contribution in [2.24, 2.45) is 10.4 Å². The summed E-state index contributed by atoms with van der Waals surface area (Å²) in [5.74, 6) is 0.713. The molecule has 4 N–H and O–H groups in total. The number of nitrogens with zero attached hydrogens (tertiary/aromatic N) is 1. The van der Waals surface area contributed by atoms with Crippen LogP contribution in [0.15, 0.2) is 29.3 Å². The van der Waals surface area contributed by atoms with Gasteiger partial charge in [-0.15, -0.1) is 24.0 Å².